The summed E-state index contributed by atoms with van der Waals surface area (Å²) in [5.41, 5.74) is 6.91. The van der Waals surface area contributed by atoms with Gasteiger partial charge in [0.1, 0.15) is 5.82 Å². The third kappa shape index (κ3) is 5.76. The molecule has 1 aliphatic carbocycles. The molecule has 5 heteroatoms. The topological polar surface area (TPSA) is 63.6 Å². The molecule has 4 aromatic rings. The number of rotatable bonds is 9. The van der Waals surface area contributed by atoms with Crippen LogP contribution >= 0.6 is 0 Å². The highest BCUT2D eigenvalue weighted by Crippen LogP contribution is 2.48. The molecule has 0 N–H and O–H groups in total. The second-order valence-corrected chi connectivity index (χ2v) is 11.9. The van der Waals surface area contributed by atoms with E-state index >= 15 is 0 Å². The van der Waals surface area contributed by atoms with Crippen LogP contribution in [0, 0.1) is 11.3 Å². The molecule has 0 unspecified atom stereocenters. The van der Waals surface area contributed by atoms with E-state index in [2.05, 4.69) is 99.6 Å². The number of hydrogen-bond acceptors (Lipinski definition) is 3. The van der Waals surface area contributed by atoms with Crippen molar-refractivity contribution >= 4 is 0 Å². The lowest BCUT2D eigenvalue weighted by Crippen LogP contribution is -2.25. The SMILES string of the molecule is CCn1c(CCCc2ccc(-c3cccc(C4(C#N)CC4)c3)cc2)nn(Cc2ccc(C(C)(C)C)cc2)c1=O. The first kappa shape index (κ1) is 26.7. The molecule has 0 bridgehead atoms. The summed E-state index contributed by atoms with van der Waals surface area (Å²) in [6, 6.07) is 28.1. The first-order valence-corrected chi connectivity index (χ1v) is 14.1. The highest BCUT2D eigenvalue weighted by Gasteiger charge is 2.44. The van der Waals surface area contributed by atoms with E-state index in [-0.39, 0.29) is 16.5 Å². The number of aromatic nitrogens is 3. The zero-order valence-electron chi connectivity index (χ0n) is 23.6. The van der Waals surface area contributed by atoms with Crippen molar-refractivity contribution in [2.75, 3.05) is 0 Å². The zero-order chi connectivity index (χ0) is 27.6. The fourth-order valence-corrected chi connectivity index (χ4v) is 5.28. The number of benzene rings is 3. The van der Waals surface area contributed by atoms with Crippen LogP contribution in [0.4, 0.5) is 0 Å². The van der Waals surface area contributed by atoms with Crippen LogP contribution in [-0.2, 0) is 36.8 Å². The smallest absolute Gasteiger partial charge is 0.279 e. The van der Waals surface area contributed by atoms with E-state index in [0.717, 1.165) is 54.6 Å². The van der Waals surface area contributed by atoms with Crippen molar-refractivity contribution in [3.63, 3.8) is 0 Å². The van der Waals surface area contributed by atoms with Crippen molar-refractivity contribution in [1.82, 2.24) is 14.3 Å². The Hall–Kier alpha value is -3.91. The molecule has 5 nitrogen and oxygen atoms in total. The van der Waals surface area contributed by atoms with Crippen LogP contribution < -0.4 is 5.69 Å². The molecule has 0 radical (unpaired) electrons. The molecule has 0 atom stereocenters. The van der Waals surface area contributed by atoms with Crippen LogP contribution in [0.3, 0.4) is 0 Å². The molecule has 5 rings (SSSR count). The first-order valence-electron chi connectivity index (χ1n) is 14.1. The molecule has 39 heavy (non-hydrogen) atoms. The first-order chi connectivity index (χ1) is 18.7. The zero-order valence-corrected chi connectivity index (χ0v) is 23.6. The predicted octanol–water partition coefficient (Wildman–Crippen LogP) is 6.81. The van der Waals surface area contributed by atoms with Gasteiger partial charge in [0.25, 0.3) is 0 Å². The highest BCUT2D eigenvalue weighted by atomic mass is 16.2. The fourth-order valence-electron chi connectivity index (χ4n) is 5.28. The maximum Gasteiger partial charge on any atom is 0.346 e. The Morgan fingerprint density at radius 1 is 0.923 bits per heavy atom. The Morgan fingerprint density at radius 3 is 2.23 bits per heavy atom. The average molecular weight is 519 g/mol. The molecule has 0 amide bonds. The Balaban J connectivity index is 1.22. The van der Waals surface area contributed by atoms with E-state index in [0.29, 0.717) is 13.1 Å². The summed E-state index contributed by atoms with van der Waals surface area (Å²) < 4.78 is 3.40. The summed E-state index contributed by atoms with van der Waals surface area (Å²) in [6.45, 7) is 9.73. The summed E-state index contributed by atoms with van der Waals surface area (Å²) in [4.78, 5) is 13.0. The van der Waals surface area contributed by atoms with Crippen molar-refractivity contribution < 1.29 is 0 Å². The van der Waals surface area contributed by atoms with Gasteiger partial charge < -0.3 is 0 Å². The Labute approximate surface area is 231 Å². The molecule has 1 aromatic heterocycles. The monoisotopic (exact) mass is 518 g/mol. The minimum Gasteiger partial charge on any atom is -0.279 e. The largest absolute Gasteiger partial charge is 0.346 e. The standard InChI is InChI=1S/C34H38N4O/c1-5-37-31(36-38(32(37)39)23-26-14-18-29(19-15-26)33(2,3)4)11-6-8-25-12-16-27(17-13-25)28-9-7-10-30(22-28)34(24-35)20-21-34/h7,9-10,12-19,22H,5-6,8,11,20-21,23H2,1-4H3. The predicted molar refractivity (Wildman–Crippen MR) is 157 cm³/mol. The van der Waals surface area contributed by atoms with Gasteiger partial charge in [-0.1, -0.05) is 87.5 Å². The van der Waals surface area contributed by atoms with Gasteiger partial charge in [-0.05, 0) is 77.5 Å². The molecule has 0 aliphatic heterocycles. The molecule has 200 valence electrons. The van der Waals surface area contributed by atoms with Crippen molar-refractivity contribution in [3.8, 4) is 17.2 Å². The van der Waals surface area contributed by atoms with Gasteiger partial charge >= 0.3 is 5.69 Å². The van der Waals surface area contributed by atoms with Crippen LogP contribution in [0.15, 0.2) is 77.6 Å². The molecule has 0 spiro atoms. The van der Waals surface area contributed by atoms with Crippen LogP contribution in [0.5, 0.6) is 0 Å². The molecular weight excluding hydrogens is 480 g/mol. The van der Waals surface area contributed by atoms with E-state index in [1.54, 1.807) is 9.25 Å². The van der Waals surface area contributed by atoms with E-state index in [9.17, 15) is 10.1 Å². The quantitative estimate of drug-likeness (QED) is 0.245. The van der Waals surface area contributed by atoms with Crippen molar-refractivity contribution in [1.29, 1.82) is 5.26 Å². The summed E-state index contributed by atoms with van der Waals surface area (Å²) in [5.74, 6) is 0.855. The second kappa shape index (κ2) is 10.7. The van der Waals surface area contributed by atoms with E-state index in [4.69, 9.17) is 5.10 Å². The molecular formula is C34H38N4O. The summed E-state index contributed by atoms with van der Waals surface area (Å²) in [5, 5.41) is 14.3. The maximum atomic E-state index is 13.0. The lowest BCUT2D eigenvalue weighted by molar-refractivity contribution is 0.588. The number of hydrogen-bond donors (Lipinski definition) is 0. The fraction of sp³-hybridized carbons (Fsp3) is 0.382. The van der Waals surface area contributed by atoms with E-state index in [1.807, 2.05) is 6.92 Å². The normalized spacial score (nSPS) is 14.2. The Kier molecular flexibility index (Phi) is 7.32. The van der Waals surface area contributed by atoms with Crippen molar-refractivity contribution in [3.05, 3.63) is 111 Å². The number of aryl methyl sites for hydroxylation is 2. The maximum absolute atomic E-state index is 13.0. The summed E-state index contributed by atoms with van der Waals surface area (Å²) in [6.07, 6.45) is 4.54. The van der Waals surface area contributed by atoms with Crippen LogP contribution in [0.25, 0.3) is 11.1 Å². The molecule has 0 saturated heterocycles. The van der Waals surface area contributed by atoms with Crippen LogP contribution in [0.2, 0.25) is 0 Å². The van der Waals surface area contributed by atoms with Gasteiger partial charge in [-0.25, -0.2) is 9.48 Å². The third-order valence-electron chi connectivity index (χ3n) is 8.00. The summed E-state index contributed by atoms with van der Waals surface area (Å²) >= 11 is 0. The van der Waals surface area contributed by atoms with Crippen molar-refractivity contribution in [2.45, 2.75) is 83.7 Å². The lowest BCUT2D eigenvalue weighted by atomic mass is 9.87. The molecule has 1 heterocycles. The van der Waals surface area contributed by atoms with Crippen LogP contribution in [0.1, 0.15) is 75.0 Å². The third-order valence-corrected chi connectivity index (χ3v) is 8.00. The molecule has 1 saturated carbocycles. The molecule has 3 aromatic carbocycles. The van der Waals surface area contributed by atoms with Gasteiger partial charge in [-0.3, -0.25) is 4.57 Å². The second-order valence-electron chi connectivity index (χ2n) is 11.9. The van der Waals surface area contributed by atoms with Gasteiger partial charge in [-0.2, -0.15) is 10.4 Å². The van der Waals surface area contributed by atoms with Gasteiger partial charge in [0.15, 0.2) is 0 Å². The van der Waals surface area contributed by atoms with E-state index in [1.165, 1.54) is 16.7 Å². The Bertz CT molecular complexity index is 1540. The Morgan fingerprint density at radius 2 is 1.62 bits per heavy atom. The van der Waals surface area contributed by atoms with Gasteiger partial charge in [-0.15, -0.1) is 0 Å². The average Bonchev–Trinajstić information content (AvgIpc) is 3.69. The van der Waals surface area contributed by atoms with Gasteiger partial charge in [0, 0.05) is 13.0 Å². The number of nitrogens with zero attached hydrogens (tertiary/aromatic N) is 4. The van der Waals surface area contributed by atoms with Crippen molar-refractivity contribution in [2.24, 2.45) is 0 Å². The van der Waals surface area contributed by atoms with E-state index < -0.39 is 0 Å². The minimum atomic E-state index is -0.265. The van der Waals surface area contributed by atoms with Gasteiger partial charge in [0.05, 0.1) is 18.0 Å². The number of nitriles is 1. The summed E-state index contributed by atoms with van der Waals surface area (Å²) in [7, 11) is 0. The highest BCUT2D eigenvalue weighted by molar-refractivity contribution is 5.65. The minimum absolute atomic E-state index is 0.0386. The van der Waals surface area contributed by atoms with Gasteiger partial charge in [0.2, 0.25) is 0 Å². The van der Waals surface area contributed by atoms with Crippen LogP contribution in [-0.4, -0.2) is 14.3 Å². The lowest BCUT2D eigenvalue weighted by Gasteiger charge is -2.19. The molecule has 1 aliphatic rings. The molecule has 1 fully saturated rings.